The van der Waals surface area contributed by atoms with E-state index in [-0.39, 0.29) is 11.7 Å². The summed E-state index contributed by atoms with van der Waals surface area (Å²) in [5, 5.41) is 0. The van der Waals surface area contributed by atoms with E-state index in [1.165, 1.54) is 30.1 Å². The first kappa shape index (κ1) is 17.2. The minimum atomic E-state index is -4.70. The van der Waals surface area contributed by atoms with Gasteiger partial charge in [-0.15, -0.1) is 13.2 Å². The first-order valence-electron chi connectivity index (χ1n) is 6.64. The van der Waals surface area contributed by atoms with Crippen LogP contribution < -0.4 is 9.46 Å². The van der Waals surface area contributed by atoms with Gasteiger partial charge in [-0.3, -0.25) is 9.52 Å². The molecule has 0 spiro atoms. The zero-order chi connectivity index (χ0) is 16.9. The molecule has 0 saturated carbocycles. The van der Waals surface area contributed by atoms with E-state index in [0.717, 1.165) is 5.56 Å². The third kappa shape index (κ3) is 5.52. The quantitative estimate of drug-likeness (QED) is 0.829. The molecule has 2 aromatic carbocycles. The Bertz CT molecular complexity index is 672. The predicted molar refractivity (Wildman–Crippen MR) is 83.4 cm³/mol. The summed E-state index contributed by atoms with van der Waals surface area (Å²) < 4.78 is 43.2. The van der Waals surface area contributed by atoms with Crippen molar-refractivity contribution in [2.45, 2.75) is 12.8 Å². The second-order valence-corrected chi connectivity index (χ2v) is 5.32. The maximum absolute atomic E-state index is 12.2. The van der Waals surface area contributed by atoms with Gasteiger partial charge in [0.05, 0.1) is 0 Å². The van der Waals surface area contributed by atoms with Gasteiger partial charge in [0.15, 0.2) is 0 Å². The average molecular weight is 341 g/mol. The average Bonchev–Trinajstić information content (AvgIpc) is 2.47. The molecule has 0 heterocycles. The molecule has 3 nitrogen and oxygen atoms in total. The number of nitrogens with one attached hydrogen (secondary N) is 1. The third-order valence-corrected chi connectivity index (χ3v) is 3.34. The lowest BCUT2D eigenvalue weighted by Gasteiger charge is -2.10. The lowest BCUT2D eigenvalue weighted by atomic mass is 10.0. The number of benzene rings is 2. The minimum Gasteiger partial charge on any atom is -0.406 e. The molecular formula is C16H14F3NO2S. The molecule has 2 rings (SSSR count). The first-order chi connectivity index (χ1) is 10.9. The molecule has 1 amide bonds. The van der Waals surface area contributed by atoms with E-state index in [1.807, 2.05) is 0 Å². The molecule has 0 atom stereocenters. The zero-order valence-corrected chi connectivity index (χ0v) is 13.0. The third-order valence-electron chi connectivity index (χ3n) is 2.95. The number of alkyl halides is 3. The van der Waals surface area contributed by atoms with Crippen LogP contribution in [0.25, 0.3) is 0 Å². The Labute approximate surface area is 136 Å². The van der Waals surface area contributed by atoms with Crippen molar-refractivity contribution in [1.29, 1.82) is 0 Å². The highest BCUT2D eigenvalue weighted by Crippen LogP contribution is 2.24. The van der Waals surface area contributed by atoms with Gasteiger partial charge < -0.3 is 4.74 Å². The van der Waals surface area contributed by atoms with Crippen LogP contribution in [-0.4, -0.2) is 18.5 Å². The predicted octanol–water partition coefficient (Wildman–Crippen LogP) is 4.18. The highest BCUT2D eigenvalue weighted by Gasteiger charge is 2.31. The lowest BCUT2D eigenvalue weighted by Crippen LogP contribution is -2.17. The van der Waals surface area contributed by atoms with Crippen molar-refractivity contribution in [3.05, 3.63) is 65.2 Å². The van der Waals surface area contributed by atoms with Crippen LogP contribution in [0, 0.1) is 0 Å². The minimum absolute atomic E-state index is 0.190. The monoisotopic (exact) mass is 341 g/mol. The summed E-state index contributed by atoms with van der Waals surface area (Å²) in [6.45, 7) is 0. The molecule has 7 heteroatoms. The fourth-order valence-corrected chi connectivity index (χ4v) is 2.32. The van der Waals surface area contributed by atoms with Crippen LogP contribution >= 0.6 is 11.9 Å². The van der Waals surface area contributed by atoms with Crippen molar-refractivity contribution in [2.75, 3.05) is 6.26 Å². The Morgan fingerprint density at radius 2 is 1.83 bits per heavy atom. The zero-order valence-electron chi connectivity index (χ0n) is 12.2. The van der Waals surface area contributed by atoms with Gasteiger partial charge in [-0.1, -0.05) is 36.2 Å². The van der Waals surface area contributed by atoms with Crippen LogP contribution in [0.15, 0.2) is 48.5 Å². The molecule has 0 aromatic heterocycles. The fourth-order valence-electron chi connectivity index (χ4n) is 2.01. The Morgan fingerprint density at radius 1 is 1.13 bits per heavy atom. The number of rotatable bonds is 5. The van der Waals surface area contributed by atoms with Gasteiger partial charge in [0, 0.05) is 11.8 Å². The number of ether oxygens (including phenoxy) is 1. The second-order valence-electron chi connectivity index (χ2n) is 4.70. The molecule has 0 aliphatic rings. The van der Waals surface area contributed by atoms with Gasteiger partial charge in [-0.05, 0) is 41.8 Å². The maximum Gasteiger partial charge on any atom is 0.573 e. The molecule has 0 fully saturated rings. The molecule has 2 aromatic rings. The van der Waals surface area contributed by atoms with Gasteiger partial charge in [0.1, 0.15) is 5.75 Å². The summed E-state index contributed by atoms with van der Waals surface area (Å²) in [5.41, 5.74) is 2.10. The van der Waals surface area contributed by atoms with Crippen molar-refractivity contribution in [3.63, 3.8) is 0 Å². The summed E-state index contributed by atoms with van der Waals surface area (Å²) in [6, 6.07) is 12.7. The smallest absolute Gasteiger partial charge is 0.406 e. The van der Waals surface area contributed by atoms with Crippen LogP contribution in [0.3, 0.4) is 0 Å². The van der Waals surface area contributed by atoms with E-state index in [1.54, 1.807) is 36.6 Å². The number of carbonyl (C=O) groups excluding carboxylic acids is 1. The number of amides is 1. The van der Waals surface area contributed by atoms with Crippen LogP contribution in [0.5, 0.6) is 5.75 Å². The van der Waals surface area contributed by atoms with Gasteiger partial charge in [-0.2, -0.15) is 0 Å². The Kier molecular flexibility index (Phi) is 5.54. The molecule has 122 valence electrons. The molecule has 23 heavy (non-hydrogen) atoms. The van der Waals surface area contributed by atoms with Crippen molar-refractivity contribution >= 4 is 17.9 Å². The van der Waals surface area contributed by atoms with E-state index in [2.05, 4.69) is 9.46 Å². The normalized spacial score (nSPS) is 11.1. The Hall–Kier alpha value is -2.15. The van der Waals surface area contributed by atoms with Crippen LogP contribution in [0.4, 0.5) is 13.2 Å². The van der Waals surface area contributed by atoms with Crippen molar-refractivity contribution in [3.8, 4) is 5.75 Å². The molecule has 1 N–H and O–H groups in total. The molecule has 0 bridgehead atoms. The number of hydrogen-bond donors (Lipinski definition) is 1. The standard InChI is InChI=1S/C16H14F3NO2S/c1-23-20-15(21)13-7-5-11(6-8-13)9-12-3-2-4-14(10-12)22-16(17,18)19/h2-8,10H,9H2,1H3,(H,20,21). The van der Waals surface area contributed by atoms with E-state index >= 15 is 0 Å². The van der Waals surface area contributed by atoms with Crippen LogP contribution in [0.1, 0.15) is 21.5 Å². The van der Waals surface area contributed by atoms with Crippen LogP contribution in [-0.2, 0) is 6.42 Å². The molecule has 0 aliphatic heterocycles. The maximum atomic E-state index is 12.2. The van der Waals surface area contributed by atoms with Gasteiger partial charge >= 0.3 is 6.36 Å². The largest absolute Gasteiger partial charge is 0.573 e. The van der Waals surface area contributed by atoms with Crippen molar-refractivity contribution in [2.24, 2.45) is 0 Å². The summed E-state index contributed by atoms with van der Waals surface area (Å²) in [4.78, 5) is 11.6. The van der Waals surface area contributed by atoms with E-state index in [0.29, 0.717) is 17.5 Å². The highest BCUT2D eigenvalue weighted by atomic mass is 32.2. The summed E-state index contributed by atoms with van der Waals surface area (Å²) >= 11 is 1.21. The van der Waals surface area contributed by atoms with Gasteiger partial charge in [0.2, 0.25) is 0 Å². The number of carbonyl (C=O) groups is 1. The van der Waals surface area contributed by atoms with Crippen molar-refractivity contribution < 1.29 is 22.7 Å². The Morgan fingerprint density at radius 3 is 2.43 bits per heavy atom. The van der Waals surface area contributed by atoms with E-state index in [4.69, 9.17) is 0 Å². The van der Waals surface area contributed by atoms with Crippen LogP contribution in [0.2, 0.25) is 0 Å². The SMILES string of the molecule is CSNC(=O)c1ccc(Cc2cccc(OC(F)(F)F)c2)cc1. The topological polar surface area (TPSA) is 38.3 Å². The molecule has 0 saturated heterocycles. The molecule has 0 radical (unpaired) electrons. The number of halogens is 3. The summed E-state index contributed by atoms with van der Waals surface area (Å²) in [7, 11) is 0. The molecule has 0 aliphatic carbocycles. The van der Waals surface area contributed by atoms with Gasteiger partial charge in [-0.25, -0.2) is 0 Å². The molecular weight excluding hydrogens is 327 g/mol. The lowest BCUT2D eigenvalue weighted by molar-refractivity contribution is -0.274. The molecule has 0 unspecified atom stereocenters. The highest BCUT2D eigenvalue weighted by molar-refractivity contribution is 7.97. The summed E-state index contributed by atoms with van der Waals surface area (Å²) in [6.07, 6.45) is -2.51. The summed E-state index contributed by atoms with van der Waals surface area (Å²) in [5.74, 6) is -0.435. The first-order valence-corrected chi connectivity index (χ1v) is 7.87. The second kappa shape index (κ2) is 7.41. The Balaban J connectivity index is 2.07. The van der Waals surface area contributed by atoms with E-state index < -0.39 is 6.36 Å². The van der Waals surface area contributed by atoms with Gasteiger partial charge in [0.25, 0.3) is 5.91 Å². The van der Waals surface area contributed by atoms with Crippen molar-refractivity contribution in [1.82, 2.24) is 4.72 Å². The van der Waals surface area contributed by atoms with E-state index in [9.17, 15) is 18.0 Å². The fraction of sp³-hybridized carbons (Fsp3) is 0.188. The number of hydrogen-bond acceptors (Lipinski definition) is 3.